The quantitative estimate of drug-likeness (QED) is 0.828. The van der Waals surface area contributed by atoms with Crippen LogP contribution in [0.3, 0.4) is 0 Å². The summed E-state index contributed by atoms with van der Waals surface area (Å²) in [7, 11) is 3.82. The van der Waals surface area contributed by atoms with E-state index in [0.29, 0.717) is 11.8 Å². The van der Waals surface area contributed by atoms with Crippen molar-refractivity contribution in [3.63, 3.8) is 0 Å². The Kier molecular flexibility index (Phi) is 5.40. The highest BCUT2D eigenvalue weighted by Crippen LogP contribution is 2.30. The Morgan fingerprint density at radius 1 is 1.30 bits per heavy atom. The number of nitrogens with one attached hydrogen (secondary N) is 2. The van der Waals surface area contributed by atoms with E-state index in [1.165, 1.54) is 0 Å². The molecule has 1 saturated heterocycles. The summed E-state index contributed by atoms with van der Waals surface area (Å²) in [4.78, 5) is 10.9. The van der Waals surface area contributed by atoms with Gasteiger partial charge in [0.1, 0.15) is 6.33 Å². The first-order chi connectivity index (χ1) is 9.74. The molecule has 1 aromatic heterocycles. The minimum Gasteiger partial charge on any atom is -0.490 e. The zero-order chi connectivity index (χ0) is 14.4. The van der Waals surface area contributed by atoms with Crippen LogP contribution >= 0.6 is 0 Å². The maximum Gasteiger partial charge on any atom is 0.204 e. The molecule has 112 valence electrons. The Labute approximate surface area is 120 Å². The van der Waals surface area contributed by atoms with Gasteiger partial charge in [-0.3, -0.25) is 0 Å². The first-order valence-electron chi connectivity index (χ1n) is 7.32. The molecule has 1 aliphatic heterocycles. The summed E-state index contributed by atoms with van der Waals surface area (Å²) in [6, 6.07) is 0.453. The van der Waals surface area contributed by atoms with Crippen molar-refractivity contribution >= 4 is 11.6 Å². The third-order valence-electron chi connectivity index (χ3n) is 3.61. The van der Waals surface area contributed by atoms with Crippen LogP contribution in [0, 0.1) is 0 Å². The van der Waals surface area contributed by atoms with E-state index >= 15 is 0 Å². The molecule has 0 bridgehead atoms. The van der Waals surface area contributed by atoms with Crippen molar-refractivity contribution in [1.29, 1.82) is 0 Å². The van der Waals surface area contributed by atoms with Crippen molar-refractivity contribution < 1.29 is 4.74 Å². The predicted molar refractivity (Wildman–Crippen MR) is 81.5 cm³/mol. The lowest BCUT2D eigenvalue weighted by molar-refractivity contribution is 0.263. The fraction of sp³-hybridized carbons (Fsp3) is 0.714. The molecule has 0 atom stereocenters. The number of hydrogen-bond acceptors (Lipinski definition) is 6. The first kappa shape index (κ1) is 14.8. The van der Waals surface area contributed by atoms with Gasteiger partial charge in [0, 0.05) is 12.6 Å². The second-order valence-corrected chi connectivity index (χ2v) is 5.25. The molecule has 0 spiro atoms. The molecule has 1 aromatic rings. The third kappa shape index (κ3) is 3.72. The van der Waals surface area contributed by atoms with Gasteiger partial charge >= 0.3 is 0 Å². The van der Waals surface area contributed by atoms with E-state index < -0.39 is 0 Å². The summed E-state index contributed by atoms with van der Waals surface area (Å²) >= 11 is 0. The summed E-state index contributed by atoms with van der Waals surface area (Å²) in [6.07, 6.45) is 4.88. The highest BCUT2D eigenvalue weighted by atomic mass is 16.5. The van der Waals surface area contributed by atoms with Crippen LogP contribution in [0.1, 0.15) is 26.2 Å². The van der Waals surface area contributed by atoms with Gasteiger partial charge in [0.15, 0.2) is 11.6 Å². The molecule has 0 unspecified atom stereocenters. The maximum absolute atomic E-state index is 5.48. The van der Waals surface area contributed by atoms with Gasteiger partial charge in [0.05, 0.1) is 7.11 Å². The molecule has 6 nitrogen and oxygen atoms in total. The standard InChI is InChI=1S/C14H25N5O/c1-4-7-15-13-12(20-3)14(17-10-16-13)18-11-5-8-19(2)9-6-11/h10-11H,4-9H2,1-3H3,(H2,15,16,17,18). The molecule has 1 fully saturated rings. The molecule has 2 rings (SSSR count). The lowest BCUT2D eigenvalue weighted by Gasteiger charge is -2.30. The Hall–Kier alpha value is -1.56. The van der Waals surface area contributed by atoms with Gasteiger partial charge in [-0.05, 0) is 39.4 Å². The van der Waals surface area contributed by atoms with Gasteiger partial charge in [-0.2, -0.15) is 0 Å². The average Bonchev–Trinajstić information content (AvgIpc) is 2.47. The molecule has 1 aliphatic rings. The summed E-state index contributed by atoms with van der Waals surface area (Å²) in [5, 5.41) is 6.77. The molecule has 0 radical (unpaired) electrons. The predicted octanol–water partition coefficient (Wildman–Crippen LogP) is 1.81. The van der Waals surface area contributed by atoms with Gasteiger partial charge in [0.2, 0.25) is 5.75 Å². The number of likely N-dealkylation sites (tertiary alicyclic amines) is 1. The summed E-state index contributed by atoms with van der Waals surface area (Å²) in [5.74, 6) is 2.26. The number of rotatable bonds is 6. The smallest absolute Gasteiger partial charge is 0.204 e. The Morgan fingerprint density at radius 2 is 2.00 bits per heavy atom. The van der Waals surface area contributed by atoms with Crippen molar-refractivity contribution in [3.8, 4) is 5.75 Å². The maximum atomic E-state index is 5.48. The lowest BCUT2D eigenvalue weighted by Crippen LogP contribution is -2.37. The van der Waals surface area contributed by atoms with E-state index in [9.17, 15) is 0 Å². The van der Waals surface area contributed by atoms with Crippen LogP contribution in [0.25, 0.3) is 0 Å². The average molecular weight is 279 g/mol. The molecule has 0 amide bonds. The van der Waals surface area contributed by atoms with Crippen molar-refractivity contribution in [1.82, 2.24) is 14.9 Å². The number of aromatic nitrogens is 2. The zero-order valence-corrected chi connectivity index (χ0v) is 12.6. The normalized spacial score (nSPS) is 16.9. The first-order valence-corrected chi connectivity index (χ1v) is 7.32. The van der Waals surface area contributed by atoms with Crippen LogP contribution in [-0.4, -0.2) is 54.7 Å². The van der Waals surface area contributed by atoms with E-state index in [4.69, 9.17) is 4.74 Å². The monoisotopic (exact) mass is 279 g/mol. The van der Waals surface area contributed by atoms with Crippen LogP contribution in [0.5, 0.6) is 5.75 Å². The number of nitrogens with zero attached hydrogens (tertiary/aromatic N) is 3. The summed E-state index contributed by atoms with van der Waals surface area (Å²) in [5.41, 5.74) is 0. The molecule has 6 heteroatoms. The minimum atomic E-state index is 0.453. The number of piperidine rings is 1. The molecule has 0 aliphatic carbocycles. The second kappa shape index (κ2) is 7.28. The second-order valence-electron chi connectivity index (χ2n) is 5.25. The van der Waals surface area contributed by atoms with E-state index in [1.807, 2.05) is 0 Å². The highest BCUT2D eigenvalue weighted by Gasteiger charge is 2.19. The van der Waals surface area contributed by atoms with Crippen LogP contribution in [-0.2, 0) is 0 Å². The van der Waals surface area contributed by atoms with Crippen molar-refractivity contribution in [2.75, 3.05) is 44.4 Å². The number of hydrogen-bond donors (Lipinski definition) is 2. The zero-order valence-electron chi connectivity index (χ0n) is 12.6. The highest BCUT2D eigenvalue weighted by molar-refractivity contribution is 5.63. The molecular weight excluding hydrogens is 254 g/mol. The van der Waals surface area contributed by atoms with E-state index in [0.717, 1.165) is 50.5 Å². The van der Waals surface area contributed by atoms with Crippen molar-refractivity contribution in [2.24, 2.45) is 0 Å². The van der Waals surface area contributed by atoms with Crippen molar-refractivity contribution in [3.05, 3.63) is 6.33 Å². The summed E-state index contributed by atoms with van der Waals surface area (Å²) < 4.78 is 5.48. The van der Waals surface area contributed by atoms with Crippen LogP contribution in [0.2, 0.25) is 0 Å². The molecule has 0 aromatic carbocycles. The third-order valence-corrected chi connectivity index (χ3v) is 3.61. The minimum absolute atomic E-state index is 0.453. The SMILES string of the molecule is CCCNc1ncnc(NC2CCN(C)CC2)c1OC. The van der Waals surface area contributed by atoms with Crippen molar-refractivity contribution in [2.45, 2.75) is 32.2 Å². The largest absolute Gasteiger partial charge is 0.490 e. The van der Waals surface area contributed by atoms with Crippen LogP contribution in [0.15, 0.2) is 6.33 Å². The van der Waals surface area contributed by atoms with Crippen LogP contribution < -0.4 is 15.4 Å². The summed E-state index contributed by atoms with van der Waals surface area (Å²) in [6.45, 7) is 5.23. The number of methoxy groups -OCH3 is 1. The topological polar surface area (TPSA) is 62.3 Å². The fourth-order valence-electron chi connectivity index (χ4n) is 2.39. The van der Waals surface area contributed by atoms with E-state index in [-0.39, 0.29) is 0 Å². The van der Waals surface area contributed by atoms with E-state index in [1.54, 1.807) is 13.4 Å². The van der Waals surface area contributed by atoms with E-state index in [2.05, 4.69) is 39.5 Å². The van der Waals surface area contributed by atoms with Crippen LogP contribution in [0.4, 0.5) is 11.6 Å². The van der Waals surface area contributed by atoms with Gasteiger partial charge in [-0.25, -0.2) is 9.97 Å². The van der Waals surface area contributed by atoms with Gasteiger partial charge < -0.3 is 20.3 Å². The van der Waals surface area contributed by atoms with Gasteiger partial charge in [0.25, 0.3) is 0 Å². The Balaban J connectivity index is 2.06. The van der Waals surface area contributed by atoms with Gasteiger partial charge in [-0.15, -0.1) is 0 Å². The Bertz CT molecular complexity index is 418. The molecule has 20 heavy (non-hydrogen) atoms. The number of ether oxygens (including phenoxy) is 1. The molecular formula is C14H25N5O. The lowest BCUT2D eigenvalue weighted by atomic mass is 10.1. The molecule has 0 saturated carbocycles. The van der Waals surface area contributed by atoms with Gasteiger partial charge in [-0.1, -0.05) is 6.92 Å². The number of anilines is 2. The molecule has 2 N–H and O–H groups in total. The molecule has 2 heterocycles. The fourth-order valence-corrected chi connectivity index (χ4v) is 2.39. The Morgan fingerprint density at radius 3 is 2.65 bits per heavy atom.